The molecule has 5 rings (SSSR count). The van der Waals surface area contributed by atoms with Crippen molar-refractivity contribution in [3.8, 4) is 5.75 Å². The maximum absolute atomic E-state index is 14.3. The molecular weight excluding hydrogens is 471 g/mol. The number of nitrogens with two attached hydrogens (primary N) is 1. The normalized spacial score (nSPS) is 22.3. The third kappa shape index (κ3) is 4.86. The predicted molar refractivity (Wildman–Crippen MR) is 142 cm³/mol. The smallest absolute Gasteiger partial charge is 0.304 e. The van der Waals surface area contributed by atoms with Gasteiger partial charge in [0.25, 0.3) is 0 Å². The van der Waals surface area contributed by atoms with Gasteiger partial charge in [0.15, 0.2) is 5.72 Å². The lowest BCUT2D eigenvalue weighted by Crippen LogP contribution is -2.50. The number of carbonyl (C=O) groups is 1. The molecule has 3 unspecified atom stereocenters. The number of anilines is 2. The second-order valence-corrected chi connectivity index (χ2v) is 10.5. The Bertz CT molecular complexity index is 1380. The minimum absolute atomic E-state index is 0.0389. The number of nitrogens with zero attached hydrogens (tertiary/aromatic N) is 2. The van der Waals surface area contributed by atoms with Gasteiger partial charge < -0.3 is 20.2 Å². The van der Waals surface area contributed by atoms with Crippen LogP contribution in [-0.4, -0.2) is 35.3 Å². The molecule has 4 N–H and O–H groups in total. The molecule has 2 aliphatic rings. The van der Waals surface area contributed by atoms with E-state index >= 15 is 0 Å². The quantitative estimate of drug-likeness (QED) is 0.345. The number of aliphatic carboxylic acids is 1. The van der Waals surface area contributed by atoms with Crippen LogP contribution >= 0.6 is 0 Å². The number of fused-ring (bicyclic) bond motifs is 7. The van der Waals surface area contributed by atoms with Crippen LogP contribution in [0.2, 0.25) is 0 Å². The van der Waals surface area contributed by atoms with Gasteiger partial charge in [-0.05, 0) is 60.7 Å². The largest absolute Gasteiger partial charge is 0.481 e. The summed E-state index contributed by atoms with van der Waals surface area (Å²) in [6.45, 7) is 7.73. The first kappa shape index (κ1) is 25.0. The zero-order valence-corrected chi connectivity index (χ0v) is 21.6. The zero-order valence-electron chi connectivity index (χ0n) is 21.6. The monoisotopic (exact) mass is 504 g/mol. The van der Waals surface area contributed by atoms with E-state index in [-0.39, 0.29) is 18.2 Å². The Morgan fingerprint density at radius 2 is 1.95 bits per heavy atom. The average Bonchev–Trinajstić information content (AvgIpc) is 2.94. The number of hydrazine groups is 1. The Hall–Kier alpha value is -3.62. The van der Waals surface area contributed by atoms with Gasteiger partial charge in [-0.25, -0.2) is 10.2 Å². The van der Waals surface area contributed by atoms with Crippen molar-refractivity contribution in [3.05, 3.63) is 87.7 Å². The number of benzene rings is 3. The molecule has 0 saturated carbocycles. The molecule has 37 heavy (non-hydrogen) atoms. The first-order valence-electron chi connectivity index (χ1n) is 12.4. The molecule has 3 aromatic rings. The second kappa shape index (κ2) is 9.36. The molecular formula is C29H33FN4O3. The molecule has 0 amide bonds. The fraction of sp³-hybridized carbons (Fsp3) is 0.345. The lowest BCUT2D eigenvalue weighted by molar-refractivity contribution is -0.137. The van der Waals surface area contributed by atoms with Crippen LogP contribution in [0.5, 0.6) is 5.75 Å². The highest BCUT2D eigenvalue weighted by Crippen LogP contribution is 2.41. The second-order valence-electron chi connectivity index (χ2n) is 10.5. The summed E-state index contributed by atoms with van der Waals surface area (Å²) in [5.41, 5.74) is 6.49. The van der Waals surface area contributed by atoms with Crippen molar-refractivity contribution in [2.75, 3.05) is 23.9 Å². The highest BCUT2D eigenvalue weighted by atomic mass is 19.1. The van der Waals surface area contributed by atoms with Crippen LogP contribution in [0.15, 0.2) is 48.5 Å². The average molecular weight is 505 g/mol. The summed E-state index contributed by atoms with van der Waals surface area (Å²) in [7, 11) is 1.76. The molecule has 3 atom stereocenters. The van der Waals surface area contributed by atoms with Crippen molar-refractivity contribution in [1.29, 1.82) is 0 Å². The molecule has 0 fully saturated rings. The van der Waals surface area contributed by atoms with Gasteiger partial charge in [-0.1, -0.05) is 30.3 Å². The summed E-state index contributed by atoms with van der Waals surface area (Å²) in [6, 6.07) is 14.8. The van der Waals surface area contributed by atoms with E-state index in [1.54, 1.807) is 13.1 Å². The van der Waals surface area contributed by atoms with Crippen LogP contribution in [0, 0.1) is 19.7 Å². The van der Waals surface area contributed by atoms with Crippen LogP contribution in [-0.2, 0) is 17.9 Å². The third-order valence-electron chi connectivity index (χ3n) is 7.46. The molecule has 8 heteroatoms. The van der Waals surface area contributed by atoms with Gasteiger partial charge in [0.05, 0.1) is 24.3 Å². The summed E-state index contributed by atoms with van der Waals surface area (Å²) < 4.78 is 20.8. The van der Waals surface area contributed by atoms with Crippen molar-refractivity contribution in [2.24, 2.45) is 5.84 Å². The summed E-state index contributed by atoms with van der Waals surface area (Å²) >= 11 is 0. The van der Waals surface area contributed by atoms with E-state index in [9.17, 15) is 14.3 Å². The van der Waals surface area contributed by atoms with Gasteiger partial charge in [0.2, 0.25) is 0 Å². The maximum Gasteiger partial charge on any atom is 0.304 e. The number of aryl methyl sites for hydroxylation is 1. The van der Waals surface area contributed by atoms with Crippen molar-refractivity contribution in [3.63, 3.8) is 0 Å². The molecule has 0 spiro atoms. The van der Waals surface area contributed by atoms with Crippen LogP contribution in [0.25, 0.3) is 0 Å². The maximum atomic E-state index is 14.3. The number of nitrogens with one attached hydrogen (secondary N) is 1. The van der Waals surface area contributed by atoms with Gasteiger partial charge in [-0.15, -0.1) is 0 Å². The molecule has 194 valence electrons. The van der Waals surface area contributed by atoms with Gasteiger partial charge >= 0.3 is 5.97 Å². The molecule has 0 radical (unpaired) electrons. The van der Waals surface area contributed by atoms with Gasteiger partial charge in [-0.3, -0.25) is 9.69 Å². The zero-order chi connectivity index (χ0) is 26.5. The molecule has 6 bridgehead atoms. The molecule has 2 aliphatic heterocycles. The van der Waals surface area contributed by atoms with E-state index in [0.717, 1.165) is 44.8 Å². The molecule has 0 aliphatic carbocycles. The standard InChI is InChI=1S/C29H33FN4O3/c1-17-5-6-19-11-21(17)15-34-14-20-7-8-22(30)12-26(20)37-29(3,16-34)32-28-18(2)23(24(19)13-27(35)36)9-10-25(28)33(4)31/h5-12,24,32H,13-16,31H2,1-4H3,(H,35,36). The number of carboxylic acids is 1. The first-order chi connectivity index (χ1) is 17.5. The Morgan fingerprint density at radius 1 is 1.19 bits per heavy atom. The Kier molecular flexibility index (Phi) is 6.33. The molecule has 3 aromatic carbocycles. The number of carboxylic acid groups (broad SMARTS) is 1. The van der Waals surface area contributed by atoms with E-state index < -0.39 is 11.7 Å². The molecule has 7 nitrogen and oxygen atoms in total. The summed E-state index contributed by atoms with van der Waals surface area (Å²) in [6.07, 6.45) is -0.0389. The SMILES string of the molecule is Cc1ccc2cc1CN1Cc3ccc(F)cc3OC(C)(C1)Nc1c(N(C)N)ccc(c1C)C2CC(=O)O. The first-order valence-corrected chi connectivity index (χ1v) is 12.4. The number of ether oxygens (including phenoxy) is 1. The van der Waals surface area contributed by atoms with E-state index in [2.05, 4.69) is 29.3 Å². The van der Waals surface area contributed by atoms with Crippen LogP contribution in [0.3, 0.4) is 0 Å². The van der Waals surface area contributed by atoms with Gasteiger partial charge in [-0.2, -0.15) is 0 Å². The molecule has 0 aromatic heterocycles. The van der Waals surface area contributed by atoms with Crippen molar-refractivity contribution in [2.45, 2.75) is 51.9 Å². The van der Waals surface area contributed by atoms with Gasteiger partial charge in [0, 0.05) is 37.7 Å². The fourth-order valence-corrected chi connectivity index (χ4v) is 5.64. The third-order valence-corrected chi connectivity index (χ3v) is 7.46. The fourth-order valence-electron chi connectivity index (χ4n) is 5.64. The number of hydrogen-bond donors (Lipinski definition) is 3. The summed E-state index contributed by atoms with van der Waals surface area (Å²) in [5.74, 6) is 5.17. The predicted octanol–water partition coefficient (Wildman–Crippen LogP) is 4.90. The minimum Gasteiger partial charge on any atom is -0.481 e. The molecule has 2 heterocycles. The Balaban J connectivity index is 1.77. The van der Waals surface area contributed by atoms with Crippen molar-refractivity contribution >= 4 is 17.3 Å². The Morgan fingerprint density at radius 3 is 2.68 bits per heavy atom. The number of halogens is 1. The minimum atomic E-state index is -0.930. The van der Waals surface area contributed by atoms with E-state index in [4.69, 9.17) is 10.6 Å². The van der Waals surface area contributed by atoms with Crippen LogP contribution < -0.4 is 20.9 Å². The van der Waals surface area contributed by atoms with E-state index in [0.29, 0.717) is 25.4 Å². The van der Waals surface area contributed by atoms with E-state index in [1.807, 2.05) is 32.0 Å². The lowest BCUT2D eigenvalue weighted by atomic mass is 9.83. The van der Waals surface area contributed by atoms with Crippen molar-refractivity contribution < 1.29 is 19.0 Å². The van der Waals surface area contributed by atoms with Gasteiger partial charge in [0.1, 0.15) is 11.6 Å². The number of hydrogen-bond acceptors (Lipinski definition) is 6. The van der Waals surface area contributed by atoms with Crippen LogP contribution in [0.4, 0.5) is 15.8 Å². The number of rotatable bonds is 3. The highest BCUT2D eigenvalue weighted by Gasteiger charge is 2.36. The highest BCUT2D eigenvalue weighted by molar-refractivity contribution is 5.77. The van der Waals surface area contributed by atoms with E-state index in [1.165, 1.54) is 17.1 Å². The Labute approximate surface area is 216 Å². The van der Waals surface area contributed by atoms with Crippen LogP contribution in [0.1, 0.15) is 52.6 Å². The topological polar surface area (TPSA) is 91.1 Å². The summed E-state index contributed by atoms with van der Waals surface area (Å²) in [4.78, 5) is 14.3. The van der Waals surface area contributed by atoms with Crippen molar-refractivity contribution in [1.82, 2.24) is 4.90 Å². The summed E-state index contributed by atoms with van der Waals surface area (Å²) in [5, 5.41) is 15.0. The molecule has 0 saturated heterocycles. The lowest BCUT2D eigenvalue weighted by Gasteiger charge is -2.37.